The van der Waals surface area contributed by atoms with Gasteiger partial charge in [-0.05, 0) is 30.2 Å². The minimum atomic E-state index is 0.625. The Balaban J connectivity index is 0.000000238. The Morgan fingerprint density at radius 2 is 1.29 bits per heavy atom. The fourth-order valence-corrected chi connectivity index (χ4v) is 3.00. The maximum absolute atomic E-state index is 4.03. The van der Waals surface area contributed by atoms with Crippen LogP contribution in [0.2, 0.25) is 0 Å². The molecule has 1 aromatic carbocycles. The molecular weight excluding hydrogens is 472 g/mol. The second-order valence-corrected chi connectivity index (χ2v) is 8.15. The molecule has 0 amide bonds. The van der Waals surface area contributed by atoms with E-state index in [1.807, 2.05) is 36.4 Å². The highest BCUT2D eigenvalue weighted by atomic mass is 14.9. The van der Waals surface area contributed by atoms with Gasteiger partial charge in [0.2, 0.25) is 0 Å². The lowest BCUT2D eigenvalue weighted by Crippen LogP contribution is -2.52. The van der Waals surface area contributed by atoms with Crippen LogP contribution < -0.4 is 28.7 Å². The van der Waals surface area contributed by atoms with Crippen LogP contribution in [0.5, 0.6) is 0 Å². The summed E-state index contributed by atoms with van der Waals surface area (Å²) in [6.45, 7) is 4.29. The lowest BCUT2D eigenvalue weighted by atomic mass is 10.2. The molecule has 0 spiro atoms. The molecular formula is C30H47N8+5. The fraction of sp³-hybridized carbons (Fsp3) is 0.233. The summed E-state index contributed by atoms with van der Waals surface area (Å²) in [5, 5.41) is 0. The summed E-state index contributed by atoms with van der Waals surface area (Å²) in [7, 11) is 0. The first kappa shape index (κ1) is 32.2. The maximum Gasteiger partial charge on any atom is 0.183 e. The predicted molar refractivity (Wildman–Crippen MR) is 152 cm³/mol. The molecule has 5 rings (SSSR count). The third-order valence-electron chi connectivity index (χ3n) is 5.29. The zero-order valence-corrected chi connectivity index (χ0v) is 22.7. The molecule has 3 aromatic rings. The van der Waals surface area contributed by atoms with Crippen LogP contribution in [0.1, 0.15) is 23.5 Å². The summed E-state index contributed by atoms with van der Waals surface area (Å²) in [5.41, 5.74) is 22.4. The van der Waals surface area contributed by atoms with Crippen molar-refractivity contribution in [2.75, 3.05) is 13.1 Å². The van der Waals surface area contributed by atoms with Gasteiger partial charge < -0.3 is 28.7 Å². The zero-order valence-electron chi connectivity index (χ0n) is 22.7. The first-order valence-corrected chi connectivity index (χ1v) is 13.0. The van der Waals surface area contributed by atoms with Crippen LogP contribution in [0.15, 0.2) is 121 Å². The van der Waals surface area contributed by atoms with Crippen molar-refractivity contribution in [1.82, 2.24) is 15.0 Å². The molecule has 2 aliphatic rings. The molecule has 0 saturated carbocycles. The molecule has 202 valence electrons. The average Bonchev–Trinajstić information content (AvgIpc) is 3.75. The molecule has 0 atom stereocenters. The number of allylic oxidation sites excluding steroid dienone is 5. The molecule has 0 saturated heterocycles. The molecule has 8 nitrogen and oxygen atoms in total. The van der Waals surface area contributed by atoms with E-state index in [0.717, 1.165) is 44.1 Å². The Labute approximate surface area is 227 Å². The van der Waals surface area contributed by atoms with Crippen LogP contribution in [0.25, 0.3) is 0 Å². The minimum Gasteiger partial charge on any atom is -0.357 e. The van der Waals surface area contributed by atoms with Crippen molar-refractivity contribution >= 4 is 0 Å². The van der Waals surface area contributed by atoms with Crippen LogP contribution in [0.3, 0.4) is 0 Å². The van der Waals surface area contributed by atoms with Gasteiger partial charge >= 0.3 is 0 Å². The van der Waals surface area contributed by atoms with E-state index in [4.69, 9.17) is 0 Å². The summed E-state index contributed by atoms with van der Waals surface area (Å²) >= 11 is 0. The summed E-state index contributed by atoms with van der Waals surface area (Å²) < 4.78 is 0. The van der Waals surface area contributed by atoms with E-state index in [1.165, 1.54) is 11.1 Å². The van der Waals surface area contributed by atoms with Crippen molar-refractivity contribution in [1.29, 1.82) is 0 Å². The predicted octanol–water partition coefficient (Wildman–Crippen LogP) is -0.444. The SMILES string of the molecule is [NH3+]CC1=CC=CC1.[NH3+]CC1C=CC=C1.[NH3+]Cc1ccccc1.[NH3+]Cc1ccccn1.[NH3+]Cc1ncccn1. The van der Waals surface area contributed by atoms with E-state index in [2.05, 4.69) is 98.3 Å². The number of rotatable bonds is 5. The van der Waals surface area contributed by atoms with Crippen LogP contribution in [-0.4, -0.2) is 28.0 Å². The van der Waals surface area contributed by atoms with Crippen LogP contribution in [0, 0.1) is 5.92 Å². The molecule has 0 radical (unpaired) electrons. The Hall–Kier alpha value is -3.79. The highest BCUT2D eigenvalue weighted by Crippen LogP contribution is 2.06. The largest absolute Gasteiger partial charge is 0.357 e. The number of hydrogen-bond acceptors (Lipinski definition) is 3. The van der Waals surface area contributed by atoms with E-state index in [0.29, 0.717) is 12.5 Å². The average molecular weight is 520 g/mol. The van der Waals surface area contributed by atoms with Gasteiger partial charge in [0.05, 0.1) is 25.3 Å². The van der Waals surface area contributed by atoms with Crippen molar-refractivity contribution in [3.8, 4) is 0 Å². The van der Waals surface area contributed by atoms with Gasteiger partial charge in [-0.3, -0.25) is 4.98 Å². The normalized spacial score (nSPS) is 12.5. The van der Waals surface area contributed by atoms with Crippen LogP contribution in [0.4, 0.5) is 0 Å². The van der Waals surface area contributed by atoms with E-state index >= 15 is 0 Å². The Bertz CT molecular complexity index is 959. The number of aromatic nitrogens is 3. The van der Waals surface area contributed by atoms with Crippen molar-refractivity contribution in [3.63, 3.8) is 0 Å². The molecule has 0 fully saturated rings. The molecule has 38 heavy (non-hydrogen) atoms. The third-order valence-corrected chi connectivity index (χ3v) is 5.29. The Morgan fingerprint density at radius 1 is 0.632 bits per heavy atom. The zero-order chi connectivity index (χ0) is 27.7. The highest BCUT2D eigenvalue weighted by Gasteiger charge is 1.99. The second-order valence-electron chi connectivity index (χ2n) is 8.15. The van der Waals surface area contributed by atoms with E-state index < -0.39 is 0 Å². The van der Waals surface area contributed by atoms with Gasteiger partial charge in [-0.2, -0.15) is 0 Å². The van der Waals surface area contributed by atoms with Gasteiger partial charge in [-0.15, -0.1) is 0 Å². The first-order chi connectivity index (χ1) is 18.7. The topological polar surface area (TPSA) is 177 Å². The maximum atomic E-state index is 4.03. The third kappa shape index (κ3) is 16.1. The molecule has 15 N–H and O–H groups in total. The minimum absolute atomic E-state index is 0.625. The van der Waals surface area contributed by atoms with Gasteiger partial charge in [0.15, 0.2) is 5.82 Å². The quantitative estimate of drug-likeness (QED) is 0.307. The summed E-state index contributed by atoms with van der Waals surface area (Å²) in [6, 6.07) is 17.8. The number of nitrogens with zero attached hydrogens (tertiary/aromatic N) is 3. The molecule has 2 aromatic heterocycles. The molecule has 2 aliphatic carbocycles. The fourth-order valence-electron chi connectivity index (χ4n) is 3.00. The van der Waals surface area contributed by atoms with Crippen molar-refractivity contribution in [2.45, 2.75) is 26.1 Å². The van der Waals surface area contributed by atoms with Gasteiger partial charge in [0, 0.05) is 30.1 Å². The molecule has 2 heterocycles. The van der Waals surface area contributed by atoms with Crippen molar-refractivity contribution in [3.05, 3.63) is 138 Å². The summed E-state index contributed by atoms with van der Waals surface area (Å²) in [4.78, 5) is 11.9. The van der Waals surface area contributed by atoms with Crippen molar-refractivity contribution < 1.29 is 28.7 Å². The summed E-state index contributed by atoms with van der Waals surface area (Å²) in [5.74, 6) is 1.42. The lowest BCUT2D eigenvalue weighted by Gasteiger charge is -1.90. The summed E-state index contributed by atoms with van der Waals surface area (Å²) in [6.07, 6.45) is 21.2. The molecule has 0 aliphatic heterocycles. The first-order valence-electron chi connectivity index (χ1n) is 13.0. The Kier molecular flexibility index (Phi) is 19.0. The lowest BCUT2D eigenvalue weighted by molar-refractivity contribution is -0.388. The van der Waals surface area contributed by atoms with E-state index in [9.17, 15) is 0 Å². The highest BCUT2D eigenvalue weighted by molar-refractivity contribution is 5.22. The van der Waals surface area contributed by atoms with Gasteiger partial charge in [0.1, 0.15) is 13.1 Å². The van der Waals surface area contributed by atoms with Crippen LogP contribution >= 0.6 is 0 Å². The molecule has 8 heteroatoms. The van der Waals surface area contributed by atoms with Gasteiger partial charge in [0.25, 0.3) is 0 Å². The number of hydrogen-bond donors (Lipinski definition) is 5. The number of benzene rings is 1. The number of pyridine rings is 1. The second kappa shape index (κ2) is 22.4. The molecule has 0 bridgehead atoms. The van der Waals surface area contributed by atoms with Gasteiger partial charge in [-0.1, -0.05) is 78.9 Å². The van der Waals surface area contributed by atoms with E-state index in [-0.39, 0.29) is 0 Å². The molecule has 0 unspecified atom stereocenters. The monoisotopic (exact) mass is 519 g/mol. The number of quaternary nitrogens is 5. The van der Waals surface area contributed by atoms with Gasteiger partial charge in [-0.25, -0.2) is 9.97 Å². The van der Waals surface area contributed by atoms with E-state index in [1.54, 1.807) is 24.7 Å². The standard InChI is InChI=1S/C7H9N.C6H8N2.2C6H9N.C5H7N3/c8-6-7-4-2-1-3-5-7;7-5-6-3-1-2-4-8-6;2*7-5-6-3-1-2-4-6;6-4-5-7-2-1-3-8-5/h1-5H,6,8H2;1-4H,5,7H2;1-3H,4-5,7H2;1-4,6H,5,7H2;1-3H,4,6H2/p+5. The Morgan fingerprint density at radius 3 is 1.63 bits per heavy atom. The van der Waals surface area contributed by atoms with Crippen LogP contribution in [-0.2, 0) is 19.6 Å². The van der Waals surface area contributed by atoms with Crippen molar-refractivity contribution in [2.24, 2.45) is 5.92 Å². The smallest absolute Gasteiger partial charge is 0.183 e.